The predicted octanol–water partition coefficient (Wildman–Crippen LogP) is 1.28. The van der Waals surface area contributed by atoms with E-state index in [2.05, 4.69) is 0 Å². The number of carbonyl (C=O) groups is 1. The monoisotopic (exact) mass is 280 g/mol. The minimum atomic E-state index is -0.575. The van der Waals surface area contributed by atoms with Gasteiger partial charge in [0.1, 0.15) is 0 Å². The molecule has 1 aliphatic heterocycles. The largest absolute Gasteiger partial charge is 0.467 e. The highest BCUT2D eigenvalue weighted by Crippen LogP contribution is 2.30. The van der Waals surface area contributed by atoms with E-state index in [4.69, 9.17) is 9.47 Å². The van der Waals surface area contributed by atoms with Crippen molar-refractivity contribution >= 4 is 17.3 Å². The molecule has 0 saturated carbocycles. The predicted molar refractivity (Wildman–Crippen MR) is 71.8 cm³/mol. The van der Waals surface area contributed by atoms with E-state index in [0.717, 1.165) is 0 Å². The van der Waals surface area contributed by atoms with E-state index in [1.807, 2.05) is 0 Å². The molecule has 7 heteroatoms. The lowest BCUT2D eigenvalue weighted by Gasteiger charge is -2.36. The lowest BCUT2D eigenvalue weighted by atomic mass is 10.1. The van der Waals surface area contributed by atoms with Crippen LogP contribution in [-0.4, -0.2) is 43.8 Å². The molecule has 1 atom stereocenters. The number of morpholine rings is 1. The SMILES string of the molecule is COC(=O)C1COCCN1c1cccc([N+](=O)[O-])c1C. The summed E-state index contributed by atoms with van der Waals surface area (Å²) in [5.74, 6) is -0.407. The molecule has 20 heavy (non-hydrogen) atoms. The lowest BCUT2D eigenvalue weighted by Crippen LogP contribution is -2.50. The Labute approximate surface area is 116 Å². The van der Waals surface area contributed by atoms with Crippen molar-refractivity contribution < 1.29 is 19.2 Å². The van der Waals surface area contributed by atoms with Crippen molar-refractivity contribution in [2.75, 3.05) is 31.8 Å². The first-order valence-corrected chi connectivity index (χ1v) is 6.22. The average molecular weight is 280 g/mol. The lowest BCUT2D eigenvalue weighted by molar-refractivity contribution is -0.385. The molecule has 0 aromatic heterocycles. The number of carbonyl (C=O) groups excluding carboxylic acids is 1. The maximum absolute atomic E-state index is 11.8. The molecule has 0 N–H and O–H groups in total. The molecule has 0 radical (unpaired) electrons. The van der Waals surface area contributed by atoms with Gasteiger partial charge in [-0.15, -0.1) is 0 Å². The van der Waals surface area contributed by atoms with Crippen LogP contribution in [0.25, 0.3) is 0 Å². The molecule has 0 bridgehead atoms. The zero-order valence-electron chi connectivity index (χ0n) is 11.4. The van der Waals surface area contributed by atoms with Crippen LogP contribution in [0.1, 0.15) is 5.56 Å². The number of ether oxygens (including phenoxy) is 2. The number of nitro groups is 1. The summed E-state index contributed by atoms with van der Waals surface area (Å²) in [6.07, 6.45) is 0. The van der Waals surface area contributed by atoms with Crippen LogP contribution < -0.4 is 4.90 Å². The van der Waals surface area contributed by atoms with Gasteiger partial charge in [0.2, 0.25) is 0 Å². The van der Waals surface area contributed by atoms with Crippen LogP contribution in [0.15, 0.2) is 18.2 Å². The van der Waals surface area contributed by atoms with Crippen molar-refractivity contribution in [3.8, 4) is 0 Å². The van der Waals surface area contributed by atoms with Crippen molar-refractivity contribution in [1.29, 1.82) is 0 Å². The Morgan fingerprint density at radius 1 is 1.55 bits per heavy atom. The molecule has 7 nitrogen and oxygen atoms in total. The number of anilines is 1. The van der Waals surface area contributed by atoms with Crippen LogP contribution in [-0.2, 0) is 14.3 Å². The van der Waals surface area contributed by atoms with Crippen LogP contribution in [0, 0.1) is 17.0 Å². The third-order valence-electron chi connectivity index (χ3n) is 3.38. The number of rotatable bonds is 3. The second-order valence-electron chi connectivity index (χ2n) is 4.49. The molecule has 0 aliphatic carbocycles. The second-order valence-corrected chi connectivity index (χ2v) is 4.49. The molecule has 1 aromatic carbocycles. The Bertz CT molecular complexity index is 531. The fourth-order valence-electron chi connectivity index (χ4n) is 2.34. The molecular formula is C13H16N2O5. The van der Waals surface area contributed by atoms with Crippen molar-refractivity contribution in [3.63, 3.8) is 0 Å². The first kappa shape index (κ1) is 14.3. The van der Waals surface area contributed by atoms with Gasteiger partial charge in [0.25, 0.3) is 5.69 Å². The Morgan fingerprint density at radius 2 is 2.30 bits per heavy atom. The Morgan fingerprint density at radius 3 is 2.95 bits per heavy atom. The molecule has 1 unspecified atom stereocenters. The van der Waals surface area contributed by atoms with Crippen LogP contribution in [0.2, 0.25) is 0 Å². The maximum Gasteiger partial charge on any atom is 0.330 e. The van der Waals surface area contributed by atoms with Gasteiger partial charge in [-0.25, -0.2) is 4.79 Å². The Balaban J connectivity index is 2.40. The van der Waals surface area contributed by atoms with Gasteiger partial charge in [-0.2, -0.15) is 0 Å². The van der Waals surface area contributed by atoms with E-state index >= 15 is 0 Å². The van der Waals surface area contributed by atoms with Crippen molar-refractivity contribution in [2.45, 2.75) is 13.0 Å². The van der Waals surface area contributed by atoms with Crippen molar-refractivity contribution in [2.24, 2.45) is 0 Å². The summed E-state index contributed by atoms with van der Waals surface area (Å²) in [5.41, 5.74) is 1.24. The maximum atomic E-state index is 11.8. The minimum absolute atomic E-state index is 0.0395. The van der Waals surface area contributed by atoms with Crippen LogP contribution >= 0.6 is 0 Å². The van der Waals surface area contributed by atoms with Gasteiger partial charge in [0.05, 0.1) is 30.8 Å². The summed E-state index contributed by atoms with van der Waals surface area (Å²) in [6, 6.07) is 4.26. The first-order valence-electron chi connectivity index (χ1n) is 6.22. The molecule has 0 spiro atoms. The summed E-state index contributed by atoms with van der Waals surface area (Å²) in [6.45, 7) is 2.85. The van der Waals surface area contributed by atoms with Crippen molar-refractivity contribution in [1.82, 2.24) is 0 Å². The number of nitro benzene ring substituents is 1. The van der Waals surface area contributed by atoms with Gasteiger partial charge in [-0.3, -0.25) is 10.1 Å². The number of nitrogens with zero attached hydrogens (tertiary/aromatic N) is 2. The summed E-state index contributed by atoms with van der Waals surface area (Å²) in [4.78, 5) is 24.2. The highest BCUT2D eigenvalue weighted by Gasteiger charge is 2.32. The molecular weight excluding hydrogens is 264 g/mol. The first-order chi connectivity index (χ1) is 9.56. The zero-order chi connectivity index (χ0) is 14.7. The van der Waals surface area contributed by atoms with E-state index in [1.165, 1.54) is 13.2 Å². The van der Waals surface area contributed by atoms with Gasteiger partial charge < -0.3 is 14.4 Å². The normalized spacial score (nSPS) is 18.7. The van der Waals surface area contributed by atoms with E-state index in [1.54, 1.807) is 24.0 Å². The smallest absolute Gasteiger partial charge is 0.330 e. The number of hydrogen-bond donors (Lipinski definition) is 0. The van der Waals surface area contributed by atoms with Crippen LogP contribution in [0.5, 0.6) is 0 Å². The molecule has 108 valence electrons. The fourth-order valence-corrected chi connectivity index (χ4v) is 2.34. The van der Waals surface area contributed by atoms with Crippen LogP contribution in [0.4, 0.5) is 11.4 Å². The summed E-state index contributed by atoms with van der Waals surface area (Å²) < 4.78 is 10.1. The zero-order valence-corrected chi connectivity index (χ0v) is 11.4. The van der Waals surface area contributed by atoms with Crippen molar-refractivity contribution in [3.05, 3.63) is 33.9 Å². The average Bonchev–Trinajstić information content (AvgIpc) is 2.46. The Kier molecular flexibility index (Phi) is 4.19. The molecule has 2 rings (SSSR count). The third-order valence-corrected chi connectivity index (χ3v) is 3.38. The number of esters is 1. The molecule has 1 aromatic rings. The quantitative estimate of drug-likeness (QED) is 0.471. The second kappa shape index (κ2) is 5.87. The van der Waals surface area contributed by atoms with Gasteiger partial charge in [0, 0.05) is 18.3 Å². The van der Waals surface area contributed by atoms with Gasteiger partial charge in [-0.1, -0.05) is 6.07 Å². The van der Waals surface area contributed by atoms with Gasteiger partial charge >= 0.3 is 5.97 Å². The molecule has 1 heterocycles. The molecule has 1 aliphatic rings. The van der Waals surface area contributed by atoms with E-state index in [-0.39, 0.29) is 12.3 Å². The molecule has 0 amide bonds. The van der Waals surface area contributed by atoms with E-state index < -0.39 is 16.9 Å². The summed E-state index contributed by atoms with van der Waals surface area (Å²) in [7, 11) is 1.31. The number of hydrogen-bond acceptors (Lipinski definition) is 6. The number of benzene rings is 1. The van der Waals surface area contributed by atoms with Gasteiger partial charge in [0.15, 0.2) is 6.04 Å². The minimum Gasteiger partial charge on any atom is -0.467 e. The number of methoxy groups -OCH3 is 1. The van der Waals surface area contributed by atoms with E-state index in [9.17, 15) is 14.9 Å². The van der Waals surface area contributed by atoms with Crippen LogP contribution in [0.3, 0.4) is 0 Å². The topological polar surface area (TPSA) is 81.9 Å². The molecule has 1 fully saturated rings. The summed E-state index contributed by atoms with van der Waals surface area (Å²) in [5, 5.41) is 11.0. The Hall–Kier alpha value is -2.15. The molecule has 1 saturated heterocycles. The van der Waals surface area contributed by atoms with Gasteiger partial charge in [-0.05, 0) is 13.0 Å². The third kappa shape index (κ3) is 2.57. The fraction of sp³-hybridized carbons (Fsp3) is 0.462. The highest BCUT2D eigenvalue weighted by molar-refractivity contribution is 5.81. The highest BCUT2D eigenvalue weighted by atomic mass is 16.6. The standard InChI is InChI=1S/C13H16N2O5/c1-9-10(4-3-5-11(9)15(17)18)14-6-7-20-8-12(14)13(16)19-2/h3-5,12H,6-8H2,1-2H3. The summed E-state index contributed by atoms with van der Waals surface area (Å²) >= 11 is 0. The van der Waals surface area contributed by atoms with E-state index in [0.29, 0.717) is 24.4 Å².